The minimum atomic E-state index is -4.14. The number of carbonyl (C=O) groups is 1. The number of hydrogen-bond acceptors (Lipinski definition) is 6. The summed E-state index contributed by atoms with van der Waals surface area (Å²) in [5, 5.41) is 10.0. The summed E-state index contributed by atoms with van der Waals surface area (Å²) < 4.78 is 47.6. The monoisotopic (exact) mass is 607 g/mol. The van der Waals surface area contributed by atoms with Gasteiger partial charge in [-0.1, -0.05) is 25.0 Å². The van der Waals surface area contributed by atoms with Crippen molar-refractivity contribution in [1.29, 1.82) is 0 Å². The van der Waals surface area contributed by atoms with Gasteiger partial charge >= 0.3 is 12.1 Å². The lowest BCUT2D eigenvalue weighted by molar-refractivity contribution is -0.179. The molecule has 6 rings (SSSR count). The number of carboxylic acids is 1. The zero-order valence-corrected chi connectivity index (χ0v) is 24.6. The Morgan fingerprint density at radius 3 is 2.43 bits per heavy atom. The maximum absolute atomic E-state index is 13.1. The van der Waals surface area contributed by atoms with Crippen molar-refractivity contribution >= 4 is 22.7 Å². The Labute approximate surface area is 253 Å². The number of ether oxygens (including phenoxy) is 1. The van der Waals surface area contributed by atoms with Gasteiger partial charge in [-0.2, -0.15) is 13.2 Å². The Morgan fingerprint density at radius 1 is 1.00 bits per heavy atom. The van der Waals surface area contributed by atoms with Crippen molar-refractivity contribution in [3.05, 3.63) is 77.6 Å². The second-order valence-corrected chi connectivity index (χ2v) is 11.9. The summed E-state index contributed by atoms with van der Waals surface area (Å²) in [5.41, 5.74) is 5.04. The van der Waals surface area contributed by atoms with Crippen LogP contribution >= 0.6 is 0 Å². The van der Waals surface area contributed by atoms with Gasteiger partial charge in [-0.15, -0.1) is 0 Å². The molecule has 8 nitrogen and oxygen atoms in total. The van der Waals surface area contributed by atoms with Crippen molar-refractivity contribution in [1.82, 2.24) is 19.5 Å². The van der Waals surface area contributed by atoms with Gasteiger partial charge in [-0.05, 0) is 62.4 Å². The van der Waals surface area contributed by atoms with Crippen molar-refractivity contribution in [2.75, 3.05) is 18.0 Å². The predicted octanol–water partition coefficient (Wildman–Crippen LogP) is 6.90. The number of halogens is 3. The Kier molecular flexibility index (Phi) is 8.46. The SMILES string of the molecule is Cc1cnc(COc2ccc3nc([C@@H]4CCCC[C@@H]4C(=O)O)n(Cc4ccc(N5CCC(C(F)(F)F)CC5)cc4)c3c2)cn1. The molecule has 44 heavy (non-hydrogen) atoms. The number of piperidine rings is 1. The normalized spacial score (nSPS) is 19.8. The molecular formula is C33H36F3N5O3. The lowest BCUT2D eigenvalue weighted by Crippen LogP contribution is -2.38. The van der Waals surface area contributed by atoms with Gasteiger partial charge in [0.05, 0.1) is 40.5 Å². The summed E-state index contributed by atoms with van der Waals surface area (Å²) in [4.78, 5) is 27.9. The molecule has 0 unspecified atom stereocenters. The molecule has 2 aromatic heterocycles. The number of nitrogens with zero attached hydrogens (tertiary/aromatic N) is 5. The highest BCUT2D eigenvalue weighted by molar-refractivity contribution is 5.79. The second-order valence-electron chi connectivity index (χ2n) is 11.9. The van der Waals surface area contributed by atoms with Crippen molar-refractivity contribution in [3.8, 4) is 5.75 Å². The molecule has 11 heteroatoms. The van der Waals surface area contributed by atoms with Crippen LogP contribution in [0.25, 0.3) is 11.0 Å². The van der Waals surface area contributed by atoms with Crippen LogP contribution in [0.15, 0.2) is 54.9 Å². The summed E-state index contributed by atoms with van der Waals surface area (Å²) >= 11 is 0. The first-order valence-electron chi connectivity index (χ1n) is 15.2. The Bertz CT molecular complexity index is 1600. The molecule has 1 aliphatic carbocycles. The number of aryl methyl sites for hydroxylation is 1. The van der Waals surface area contributed by atoms with E-state index < -0.39 is 24.0 Å². The van der Waals surface area contributed by atoms with Crippen molar-refractivity contribution in [2.24, 2.45) is 11.8 Å². The number of benzene rings is 2. The van der Waals surface area contributed by atoms with Gasteiger partial charge in [0.15, 0.2) is 0 Å². The van der Waals surface area contributed by atoms with E-state index in [1.807, 2.05) is 54.3 Å². The molecule has 0 radical (unpaired) electrons. The highest BCUT2D eigenvalue weighted by Crippen LogP contribution is 2.40. The molecule has 2 aliphatic rings. The molecule has 0 amide bonds. The van der Waals surface area contributed by atoms with Gasteiger partial charge in [0.2, 0.25) is 0 Å². The van der Waals surface area contributed by atoms with Crippen LogP contribution in [-0.2, 0) is 17.9 Å². The van der Waals surface area contributed by atoms with Gasteiger partial charge in [0, 0.05) is 43.5 Å². The van der Waals surface area contributed by atoms with Gasteiger partial charge in [0.25, 0.3) is 0 Å². The first-order chi connectivity index (χ1) is 21.2. The average Bonchev–Trinajstić information content (AvgIpc) is 3.38. The maximum atomic E-state index is 13.1. The summed E-state index contributed by atoms with van der Waals surface area (Å²) in [7, 11) is 0. The number of hydrogen-bond donors (Lipinski definition) is 1. The minimum Gasteiger partial charge on any atom is -0.487 e. The van der Waals surface area contributed by atoms with E-state index >= 15 is 0 Å². The number of rotatable bonds is 8. The van der Waals surface area contributed by atoms with Crippen LogP contribution < -0.4 is 9.64 Å². The quantitative estimate of drug-likeness (QED) is 0.233. The Morgan fingerprint density at radius 2 is 1.75 bits per heavy atom. The van der Waals surface area contributed by atoms with Crippen LogP contribution in [0.4, 0.5) is 18.9 Å². The van der Waals surface area contributed by atoms with Crippen LogP contribution in [0.2, 0.25) is 0 Å². The number of aliphatic carboxylic acids is 1. The Balaban J connectivity index is 1.27. The minimum absolute atomic E-state index is 0.0999. The second kappa shape index (κ2) is 12.5. The molecule has 232 valence electrons. The number of anilines is 1. The van der Waals surface area contributed by atoms with Crippen molar-refractivity contribution in [2.45, 2.75) is 70.7 Å². The summed E-state index contributed by atoms with van der Waals surface area (Å²) in [6.07, 6.45) is 2.65. The fourth-order valence-corrected chi connectivity index (χ4v) is 6.51. The molecule has 1 N–H and O–H groups in total. The van der Waals surface area contributed by atoms with Gasteiger partial charge < -0.3 is 19.3 Å². The molecule has 2 atom stereocenters. The Hall–Kier alpha value is -4.15. The van der Waals surface area contributed by atoms with E-state index in [4.69, 9.17) is 9.72 Å². The van der Waals surface area contributed by atoms with E-state index in [0.29, 0.717) is 37.5 Å². The van der Waals surface area contributed by atoms with E-state index in [1.165, 1.54) is 0 Å². The molecule has 2 aromatic carbocycles. The average molecular weight is 608 g/mol. The first-order valence-corrected chi connectivity index (χ1v) is 15.2. The maximum Gasteiger partial charge on any atom is 0.391 e. The van der Waals surface area contributed by atoms with E-state index in [0.717, 1.165) is 53.1 Å². The molecule has 4 aromatic rings. The molecule has 3 heterocycles. The summed E-state index contributed by atoms with van der Waals surface area (Å²) in [6, 6.07) is 13.6. The highest BCUT2D eigenvalue weighted by atomic mass is 19.4. The smallest absolute Gasteiger partial charge is 0.391 e. The van der Waals surface area contributed by atoms with E-state index in [1.54, 1.807) is 12.4 Å². The molecule has 0 spiro atoms. The lowest BCUT2D eigenvalue weighted by Gasteiger charge is -2.34. The molecule has 1 saturated heterocycles. The highest BCUT2D eigenvalue weighted by Gasteiger charge is 2.41. The third kappa shape index (κ3) is 6.51. The number of carboxylic acid groups (broad SMARTS) is 1. The van der Waals surface area contributed by atoms with Crippen LogP contribution in [0.3, 0.4) is 0 Å². The number of alkyl halides is 3. The van der Waals surface area contributed by atoms with Gasteiger partial charge in [-0.3, -0.25) is 14.8 Å². The number of aromatic nitrogens is 4. The molecule has 2 fully saturated rings. The first kappa shape index (κ1) is 29.9. The molecule has 0 bridgehead atoms. The molecular weight excluding hydrogens is 571 g/mol. The number of imidazole rings is 1. The van der Waals surface area contributed by atoms with Crippen LogP contribution in [0.1, 0.15) is 67.2 Å². The van der Waals surface area contributed by atoms with E-state index in [2.05, 4.69) is 14.5 Å². The van der Waals surface area contributed by atoms with Crippen LogP contribution in [-0.4, -0.2) is 49.9 Å². The largest absolute Gasteiger partial charge is 0.487 e. The third-order valence-electron chi connectivity index (χ3n) is 8.99. The summed E-state index contributed by atoms with van der Waals surface area (Å²) in [5.74, 6) is -1.35. The lowest BCUT2D eigenvalue weighted by atomic mass is 9.78. The number of fused-ring (bicyclic) bond motifs is 1. The zero-order valence-electron chi connectivity index (χ0n) is 24.6. The zero-order chi connectivity index (χ0) is 30.8. The van der Waals surface area contributed by atoms with Crippen molar-refractivity contribution in [3.63, 3.8) is 0 Å². The topological polar surface area (TPSA) is 93.4 Å². The third-order valence-corrected chi connectivity index (χ3v) is 8.99. The van der Waals surface area contributed by atoms with E-state index in [9.17, 15) is 23.1 Å². The van der Waals surface area contributed by atoms with Gasteiger partial charge in [0.1, 0.15) is 18.2 Å². The predicted molar refractivity (Wildman–Crippen MR) is 160 cm³/mol. The fraction of sp³-hybridized carbons (Fsp3) is 0.455. The summed E-state index contributed by atoms with van der Waals surface area (Å²) in [6.45, 7) is 3.34. The molecule has 1 aliphatic heterocycles. The standard InChI is InChI=1S/C33H36F3N5O3/c1-21-17-38-24(18-37-21)20-44-26-10-11-29-30(16-26)41(31(39-29)27-4-2-3-5-28(27)32(42)43)19-22-6-8-25(9-7-22)40-14-12-23(13-15-40)33(34,35)36/h6-11,16-18,23,27-28H,2-5,12-15,19-20H2,1H3,(H,42,43)/t27-,28+/m1/s1. The van der Waals surface area contributed by atoms with Crippen molar-refractivity contribution < 1.29 is 27.8 Å². The fourth-order valence-electron chi connectivity index (χ4n) is 6.51. The van der Waals surface area contributed by atoms with Gasteiger partial charge in [-0.25, -0.2) is 4.98 Å². The van der Waals surface area contributed by atoms with Crippen LogP contribution in [0, 0.1) is 18.8 Å². The molecule has 1 saturated carbocycles. The van der Waals surface area contributed by atoms with E-state index in [-0.39, 0.29) is 25.4 Å². The van der Waals surface area contributed by atoms with Crippen LogP contribution in [0.5, 0.6) is 5.75 Å².